The summed E-state index contributed by atoms with van der Waals surface area (Å²) in [5.74, 6) is 0.925. The Hall–Kier alpha value is -1.55. The largest absolute Gasteiger partial charge is 0.494 e. The van der Waals surface area contributed by atoms with Crippen LogP contribution in [0.4, 0.5) is 0 Å². The lowest BCUT2D eigenvalue weighted by atomic mass is 10.1. The summed E-state index contributed by atoms with van der Waals surface area (Å²) >= 11 is 0. The third-order valence-corrected chi connectivity index (χ3v) is 3.50. The number of carbonyl (C=O) groups is 1. The van der Waals surface area contributed by atoms with Gasteiger partial charge in [0.25, 0.3) is 0 Å². The fourth-order valence-electron chi connectivity index (χ4n) is 2.50. The number of amides is 1. The molecular formula is C15H21NO3. The van der Waals surface area contributed by atoms with Crippen molar-refractivity contribution in [2.45, 2.75) is 32.2 Å². The lowest BCUT2D eigenvalue weighted by molar-refractivity contribution is -0.131. The number of hydrogen-bond acceptors (Lipinski definition) is 3. The molecule has 1 fully saturated rings. The van der Waals surface area contributed by atoms with Gasteiger partial charge in [0, 0.05) is 6.54 Å². The number of rotatable bonds is 5. The molecule has 1 aliphatic rings. The van der Waals surface area contributed by atoms with Crippen molar-refractivity contribution < 1.29 is 14.6 Å². The first-order chi connectivity index (χ1) is 9.24. The quantitative estimate of drug-likeness (QED) is 0.878. The van der Waals surface area contributed by atoms with E-state index in [2.05, 4.69) is 0 Å². The molecule has 2 rings (SSSR count). The van der Waals surface area contributed by atoms with E-state index in [1.807, 2.05) is 31.2 Å². The van der Waals surface area contributed by atoms with Crippen LogP contribution in [0.15, 0.2) is 24.3 Å². The van der Waals surface area contributed by atoms with Crippen LogP contribution in [0, 0.1) is 0 Å². The van der Waals surface area contributed by atoms with Crippen molar-refractivity contribution in [2.75, 3.05) is 19.8 Å². The monoisotopic (exact) mass is 263 g/mol. The molecule has 4 nitrogen and oxygen atoms in total. The number of aliphatic hydroxyl groups is 1. The number of likely N-dealkylation sites (tertiary alicyclic amines) is 1. The lowest BCUT2D eigenvalue weighted by Gasteiger charge is -2.23. The second kappa shape index (κ2) is 6.57. The molecule has 1 aliphatic heterocycles. The molecule has 4 heteroatoms. The maximum absolute atomic E-state index is 12.2. The normalized spacial score (nSPS) is 18.6. The second-order valence-electron chi connectivity index (χ2n) is 4.82. The Morgan fingerprint density at radius 3 is 2.79 bits per heavy atom. The maximum atomic E-state index is 12.2. The zero-order valence-electron chi connectivity index (χ0n) is 11.3. The van der Waals surface area contributed by atoms with E-state index in [1.165, 1.54) is 0 Å². The number of carbonyl (C=O) groups excluding carboxylic acids is 1. The van der Waals surface area contributed by atoms with Crippen LogP contribution in [0.3, 0.4) is 0 Å². The van der Waals surface area contributed by atoms with Gasteiger partial charge in [0.05, 0.1) is 25.7 Å². The van der Waals surface area contributed by atoms with Crippen molar-refractivity contribution in [3.05, 3.63) is 29.8 Å². The molecule has 1 aromatic rings. The summed E-state index contributed by atoms with van der Waals surface area (Å²) in [5, 5.41) is 9.24. The Labute approximate surface area is 114 Å². The first kappa shape index (κ1) is 13.9. The number of aliphatic hydroxyl groups excluding tert-OH is 1. The molecule has 104 valence electrons. The van der Waals surface area contributed by atoms with E-state index in [9.17, 15) is 9.90 Å². The van der Waals surface area contributed by atoms with Gasteiger partial charge in [0.1, 0.15) is 5.75 Å². The minimum Gasteiger partial charge on any atom is -0.494 e. The van der Waals surface area contributed by atoms with E-state index in [0.29, 0.717) is 13.0 Å². The highest BCUT2D eigenvalue weighted by molar-refractivity contribution is 5.79. The fourth-order valence-corrected chi connectivity index (χ4v) is 2.50. The van der Waals surface area contributed by atoms with Gasteiger partial charge in [0.15, 0.2) is 0 Å². The standard InChI is InChI=1S/C15H21NO3/c1-2-19-14-7-5-12(6-8-14)10-15(18)16-9-3-4-13(16)11-17/h5-8,13,17H,2-4,9-11H2,1H3/t13-/m1/s1. The molecule has 0 radical (unpaired) electrons. The molecular weight excluding hydrogens is 242 g/mol. The molecule has 1 atom stereocenters. The highest BCUT2D eigenvalue weighted by Gasteiger charge is 2.27. The zero-order chi connectivity index (χ0) is 13.7. The summed E-state index contributed by atoms with van der Waals surface area (Å²) < 4.78 is 5.37. The van der Waals surface area contributed by atoms with E-state index in [-0.39, 0.29) is 18.6 Å². The highest BCUT2D eigenvalue weighted by Crippen LogP contribution is 2.19. The summed E-state index contributed by atoms with van der Waals surface area (Å²) in [6, 6.07) is 7.63. The van der Waals surface area contributed by atoms with Crippen LogP contribution in [0.2, 0.25) is 0 Å². The van der Waals surface area contributed by atoms with Crippen LogP contribution in [-0.4, -0.2) is 41.7 Å². The Morgan fingerprint density at radius 1 is 1.42 bits per heavy atom. The summed E-state index contributed by atoms with van der Waals surface area (Å²) in [5.41, 5.74) is 0.983. The van der Waals surface area contributed by atoms with Crippen LogP contribution in [0.25, 0.3) is 0 Å². The van der Waals surface area contributed by atoms with E-state index < -0.39 is 0 Å². The van der Waals surface area contributed by atoms with Gasteiger partial charge in [-0.2, -0.15) is 0 Å². The topological polar surface area (TPSA) is 49.8 Å². The van der Waals surface area contributed by atoms with Crippen molar-refractivity contribution >= 4 is 5.91 Å². The first-order valence-electron chi connectivity index (χ1n) is 6.86. The molecule has 1 amide bonds. The average molecular weight is 263 g/mol. The van der Waals surface area contributed by atoms with Gasteiger partial charge in [-0.3, -0.25) is 4.79 Å². The highest BCUT2D eigenvalue weighted by atomic mass is 16.5. The Kier molecular flexibility index (Phi) is 4.80. The number of nitrogens with zero attached hydrogens (tertiary/aromatic N) is 1. The summed E-state index contributed by atoms with van der Waals surface area (Å²) in [6.07, 6.45) is 2.29. The van der Waals surface area contributed by atoms with Crippen molar-refractivity contribution in [3.8, 4) is 5.75 Å². The predicted octanol–water partition coefficient (Wildman–Crippen LogP) is 1.61. The maximum Gasteiger partial charge on any atom is 0.227 e. The summed E-state index contributed by atoms with van der Waals surface area (Å²) in [7, 11) is 0. The number of hydrogen-bond donors (Lipinski definition) is 1. The van der Waals surface area contributed by atoms with E-state index in [0.717, 1.165) is 30.7 Å². The number of benzene rings is 1. The van der Waals surface area contributed by atoms with Crippen LogP contribution < -0.4 is 4.74 Å². The smallest absolute Gasteiger partial charge is 0.227 e. The molecule has 0 aromatic heterocycles. The Balaban J connectivity index is 1.94. The van der Waals surface area contributed by atoms with Gasteiger partial charge in [0.2, 0.25) is 5.91 Å². The molecule has 1 heterocycles. The number of ether oxygens (including phenoxy) is 1. The minimum absolute atomic E-state index is 0.00944. The molecule has 1 aromatic carbocycles. The van der Waals surface area contributed by atoms with Gasteiger partial charge in [-0.25, -0.2) is 0 Å². The molecule has 0 spiro atoms. The minimum atomic E-state index is 0.00944. The third kappa shape index (κ3) is 3.47. The Bertz CT molecular complexity index is 416. The van der Waals surface area contributed by atoms with Crippen molar-refractivity contribution in [1.29, 1.82) is 0 Å². The third-order valence-electron chi connectivity index (χ3n) is 3.50. The van der Waals surface area contributed by atoms with E-state index >= 15 is 0 Å². The van der Waals surface area contributed by atoms with E-state index in [1.54, 1.807) is 4.90 Å². The van der Waals surface area contributed by atoms with Crippen LogP contribution >= 0.6 is 0 Å². The Morgan fingerprint density at radius 2 is 2.16 bits per heavy atom. The molecule has 0 aliphatic carbocycles. The molecule has 0 saturated carbocycles. The summed E-state index contributed by atoms with van der Waals surface area (Å²) in [4.78, 5) is 14.0. The second-order valence-corrected chi connectivity index (χ2v) is 4.82. The van der Waals surface area contributed by atoms with E-state index in [4.69, 9.17) is 4.74 Å². The van der Waals surface area contributed by atoms with Crippen LogP contribution in [-0.2, 0) is 11.2 Å². The van der Waals surface area contributed by atoms with Gasteiger partial charge in [-0.05, 0) is 37.5 Å². The van der Waals surface area contributed by atoms with Crippen molar-refractivity contribution in [1.82, 2.24) is 4.90 Å². The van der Waals surface area contributed by atoms with Gasteiger partial charge >= 0.3 is 0 Å². The lowest BCUT2D eigenvalue weighted by Crippen LogP contribution is -2.38. The first-order valence-corrected chi connectivity index (χ1v) is 6.86. The van der Waals surface area contributed by atoms with Gasteiger partial charge in [-0.15, -0.1) is 0 Å². The molecule has 1 N–H and O–H groups in total. The van der Waals surface area contributed by atoms with Crippen LogP contribution in [0.5, 0.6) is 5.75 Å². The average Bonchev–Trinajstić information content (AvgIpc) is 2.90. The molecule has 19 heavy (non-hydrogen) atoms. The SMILES string of the molecule is CCOc1ccc(CC(=O)N2CCC[C@@H]2CO)cc1. The molecule has 0 bridgehead atoms. The van der Waals surface area contributed by atoms with Gasteiger partial charge in [-0.1, -0.05) is 12.1 Å². The zero-order valence-corrected chi connectivity index (χ0v) is 11.3. The predicted molar refractivity (Wildman–Crippen MR) is 73.1 cm³/mol. The van der Waals surface area contributed by atoms with Crippen molar-refractivity contribution in [3.63, 3.8) is 0 Å². The van der Waals surface area contributed by atoms with Crippen LogP contribution in [0.1, 0.15) is 25.3 Å². The molecule has 1 saturated heterocycles. The fraction of sp³-hybridized carbons (Fsp3) is 0.533. The van der Waals surface area contributed by atoms with Crippen molar-refractivity contribution in [2.24, 2.45) is 0 Å². The summed E-state index contributed by atoms with van der Waals surface area (Å²) in [6.45, 7) is 3.42. The molecule has 0 unspecified atom stereocenters. The van der Waals surface area contributed by atoms with Gasteiger partial charge < -0.3 is 14.7 Å².